The van der Waals surface area contributed by atoms with Gasteiger partial charge in [-0.3, -0.25) is 0 Å². The molecule has 1 saturated heterocycles. The van der Waals surface area contributed by atoms with E-state index in [1.807, 2.05) is 6.92 Å². The topological polar surface area (TPSA) is 63.4 Å². The van der Waals surface area contributed by atoms with Crippen LogP contribution in [0, 0.1) is 12.8 Å². The van der Waals surface area contributed by atoms with Crippen LogP contribution in [-0.2, 0) is 10.0 Å². The van der Waals surface area contributed by atoms with E-state index in [0.29, 0.717) is 29.6 Å². The number of benzene rings is 1. The largest absolute Gasteiger partial charge is 0.398 e. The van der Waals surface area contributed by atoms with Crippen LogP contribution < -0.4 is 5.73 Å². The van der Waals surface area contributed by atoms with Gasteiger partial charge < -0.3 is 5.73 Å². The molecule has 5 heteroatoms. The number of sulfonamides is 1. The molecule has 100 valence electrons. The molecule has 0 bridgehead atoms. The van der Waals surface area contributed by atoms with Crippen molar-refractivity contribution in [3.8, 4) is 0 Å². The van der Waals surface area contributed by atoms with E-state index in [1.165, 1.54) is 0 Å². The van der Waals surface area contributed by atoms with E-state index in [0.717, 1.165) is 18.4 Å². The normalized spacial score (nSPS) is 19.0. The van der Waals surface area contributed by atoms with Gasteiger partial charge in [0, 0.05) is 18.8 Å². The second-order valence-corrected chi connectivity index (χ2v) is 7.04. The van der Waals surface area contributed by atoms with E-state index in [1.54, 1.807) is 22.5 Å². The van der Waals surface area contributed by atoms with Crippen molar-refractivity contribution in [1.29, 1.82) is 0 Å². The number of hydrogen-bond donors (Lipinski definition) is 1. The first-order valence-corrected chi connectivity index (χ1v) is 7.71. The number of rotatable bonds is 2. The first kappa shape index (κ1) is 13.4. The maximum Gasteiger partial charge on any atom is 0.243 e. The van der Waals surface area contributed by atoms with Gasteiger partial charge >= 0.3 is 0 Å². The molecule has 0 amide bonds. The zero-order valence-corrected chi connectivity index (χ0v) is 11.7. The summed E-state index contributed by atoms with van der Waals surface area (Å²) >= 11 is 0. The van der Waals surface area contributed by atoms with Gasteiger partial charge in [-0.2, -0.15) is 4.31 Å². The Morgan fingerprint density at radius 2 is 1.89 bits per heavy atom. The van der Waals surface area contributed by atoms with E-state index in [4.69, 9.17) is 5.73 Å². The highest BCUT2D eigenvalue weighted by Gasteiger charge is 2.28. The smallest absolute Gasteiger partial charge is 0.243 e. The number of aryl methyl sites for hydroxylation is 1. The van der Waals surface area contributed by atoms with Crippen molar-refractivity contribution < 1.29 is 8.42 Å². The Morgan fingerprint density at radius 1 is 1.28 bits per heavy atom. The summed E-state index contributed by atoms with van der Waals surface area (Å²) in [4.78, 5) is 0.306. The molecular formula is C13H20N2O2S. The number of nitrogens with two attached hydrogens (primary N) is 1. The molecule has 1 fully saturated rings. The molecule has 1 aliphatic rings. The maximum atomic E-state index is 12.4. The molecule has 4 nitrogen and oxygen atoms in total. The summed E-state index contributed by atoms with van der Waals surface area (Å²) in [6, 6.07) is 4.95. The molecule has 0 aromatic heterocycles. The van der Waals surface area contributed by atoms with E-state index < -0.39 is 10.0 Å². The Balaban J connectivity index is 2.27. The summed E-state index contributed by atoms with van der Waals surface area (Å²) in [5.41, 5.74) is 7.22. The molecular weight excluding hydrogens is 248 g/mol. The van der Waals surface area contributed by atoms with Gasteiger partial charge in [-0.25, -0.2) is 8.42 Å². The van der Waals surface area contributed by atoms with Crippen LogP contribution in [-0.4, -0.2) is 25.8 Å². The van der Waals surface area contributed by atoms with Crippen molar-refractivity contribution in [3.05, 3.63) is 23.8 Å². The number of nitrogens with zero attached hydrogens (tertiary/aromatic N) is 1. The van der Waals surface area contributed by atoms with Gasteiger partial charge in [0.2, 0.25) is 10.0 Å². The molecule has 0 saturated carbocycles. The zero-order valence-electron chi connectivity index (χ0n) is 10.9. The minimum Gasteiger partial charge on any atom is -0.398 e. The average molecular weight is 268 g/mol. The highest BCUT2D eigenvalue weighted by molar-refractivity contribution is 7.89. The molecule has 0 spiro atoms. The van der Waals surface area contributed by atoms with Crippen molar-refractivity contribution in [2.45, 2.75) is 31.6 Å². The highest BCUT2D eigenvalue weighted by atomic mass is 32.2. The Bertz CT molecular complexity index is 532. The minimum absolute atomic E-state index is 0.306. The van der Waals surface area contributed by atoms with Gasteiger partial charge in [0.05, 0.1) is 4.90 Å². The van der Waals surface area contributed by atoms with Gasteiger partial charge in [0.25, 0.3) is 0 Å². The molecule has 18 heavy (non-hydrogen) atoms. The van der Waals surface area contributed by atoms with Gasteiger partial charge in [0.1, 0.15) is 0 Å². The second-order valence-electron chi connectivity index (χ2n) is 5.11. The molecule has 1 aliphatic heterocycles. The van der Waals surface area contributed by atoms with E-state index in [2.05, 4.69) is 6.92 Å². The van der Waals surface area contributed by atoms with Crippen LogP contribution in [0.5, 0.6) is 0 Å². The van der Waals surface area contributed by atoms with Crippen LogP contribution in [0.1, 0.15) is 25.3 Å². The summed E-state index contributed by atoms with van der Waals surface area (Å²) in [6.45, 7) is 5.25. The summed E-state index contributed by atoms with van der Waals surface area (Å²) in [6.07, 6.45) is 1.86. The first-order chi connectivity index (χ1) is 8.41. The number of anilines is 1. The van der Waals surface area contributed by atoms with Crippen LogP contribution in [0.2, 0.25) is 0 Å². The third-order valence-electron chi connectivity index (χ3n) is 3.63. The maximum absolute atomic E-state index is 12.4. The number of piperidine rings is 1. The second kappa shape index (κ2) is 4.90. The fraction of sp³-hybridized carbons (Fsp3) is 0.538. The lowest BCUT2D eigenvalue weighted by Gasteiger charge is -2.29. The molecule has 2 rings (SSSR count). The molecule has 0 unspecified atom stereocenters. The summed E-state index contributed by atoms with van der Waals surface area (Å²) in [5, 5.41) is 0. The molecule has 0 radical (unpaired) electrons. The summed E-state index contributed by atoms with van der Waals surface area (Å²) < 4.78 is 26.4. The van der Waals surface area contributed by atoms with Crippen molar-refractivity contribution in [1.82, 2.24) is 4.31 Å². The third-order valence-corrected chi connectivity index (χ3v) is 5.53. The lowest BCUT2D eigenvalue weighted by molar-refractivity contribution is 0.288. The van der Waals surface area contributed by atoms with Crippen molar-refractivity contribution in [2.24, 2.45) is 5.92 Å². The third kappa shape index (κ3) is 2.52. The molecule has 0 aliphatic carbocycles. The predicted molar refractivity (Wildman–Crippen MR) is 72.7 cm³/mol. The number of nitrogen functional groups attached to an aromatic ring is 1. The Hall–Kier alpha value is -1.07. The Morgan fingerprint density at radius 3 is 2.44 bits per heavy atom. The van der Waals surface area contributed by atoms with Crippen molar-refractivity contribution in [2.75, 3.05) is 18.8 Å². The van der Waals surface area contributed by atoms with Crippen molar-refractivity contribution in [3.63, 3.8) is 0 Å². The zero-order chi connectivity index (χ0) is 13.3. The van der Waals surface area contributed by atoms with Gasteiger partial charge in [-0.15, -0.1) is 0 Å². The van der Waals surface area contributed by atoms with Crippen molar-refractivity contribution >= 4 is 15.7 Å². The SMILES string of the molecule is Cc1ccc(S(=O)(=O)N2CCC(C)CC2)cc1N. The quantitative estimate of drug-likeness (QED) is 0.834. The first-order valence-electron chi connectivity index (χ1n) is 6.27. The highest BCUT2D eigenvalue weighted by Crippen LogP contribution is 2.25. The molecule has 1 aromatic carbocycles. The minimum atomic E-state index is -3.37. The number of hydrogen-bond acceptors (Lipinski definition) is 3. The standard InChI is InChI=1S/C13H20N2O2S/c1-10-5-7-15(8-6-10)18(16,17)12-4-3-11(2)13(14)9-12/h3-4,9-10H,5-8,14H2,1-2H3. The van der Waals surface area contributed by atoms with Crippen LogP contribution in [0.15, 0.2) is 23.1 Å². The monoisotopic (exact) mass is 268 g/mol. The summed E-state index contributed by atoms with van der Waals surface area (Å²) in [5.74, 6) is 0.611. The fourth-order valence-corrected chi connectivity index (χ4v) is 3.66. The van der Waals surface area contributed by atoms with E-state index in [9.17, 15) is 8.42 Å². The van der Waals surface area contributed by atoms with Gasteiger partial charge in [-0.05, 0) is 43.4 Å². The average Bonchev–Trinajstić information content (AvgIpc) is 2.33. The van der Waals surface area contributed by atoms with Crippen LogP contribution >= 0.6 is 0 Å². The molecule has 1 heterocycles. The van der Waals surface area contributed by atoms with E-state index >= 15 is 0 Å². The van der Waals surface area contributed by atoms with Gasteiger partial charge in [-0.1, -0.05) is 13.0 Å². The van der Waals surface area contributed by atoms with Gasteiger partial charge in [0.15, 0.2) is 0 Å². The predicted octanol–water partition coefficient (Wildman–Crippen LogP) is 2.00. The van der Waals surface area contributed by atoms with Crippen LogP contribution in [0.3, 0.4) is 0 Å². The molecule has 0 atom stereocenters. The lowest BCUT2D eigenvalue weighted by Crippen LogP contribution is -2.37. The van der Waals surface area contributed by atoms with E-state index in [-0.39, 0.29) is 0 Å². The Kier molecular flexibility index (Phi) is 3.64. The molecule has 2 N–H and O–H groups in total. The van der Waals surface area contributed by atoms with Crippen LogP contribution in [0.4, 0.5) is 5.69 Å². The lowest BCUT2D eigenvalue weighted by atomic mass is 10.0. The summed E-state index contributed by atoms with van der Waals surface area (Å²) in [7, 11) is -3.37. The fourth-order valence-electron chi connectivity index (χ4n) is 2.15. The molecule has 1 aromatic rings. The van der Waals surface area contributed by atoms with Crippen LogP contribution in [0.25, 0.3) is 0 Å². The Labute approximate surface area is 109 Å².